The molecule has 2 aromatic carbocycles. The minimum atomic E-state index is -0.852. The fourth-order valence-corrected chi connectivity index (χ4v) is 3.47. The molecule has 1 aliphatic rings. The van der Waals surface area contributed by atoms with Gasteiger partial charge in [0.15, 0.2) is 0 Å². The third-order valence-corrected chi connectivity index (χ3v) is 5.38. The number of carbonyl (C=O) groups excluding carboxylic acids is 2. The predicted molar refractivity (Wildman–Crippen MR) is 109 cm³/mol. The first-order valence-electron chi connectivity index (χ1n) is 9.54. The van der Waals surface area contributed by atoms with Gasteiger partial charge in [-0.2, -0.15) is 0 Å². The number of nitrogens with one attached hydrogen (secondary N) is 2. The van der Waals surface area contributed by atoms with E-state index in [9.17, 15) is 14.7 Å². The molecule has 1 heterocycles. The van der Waals surface area contributed by atoms with Crippen molar-refractivity contribution in [2.45, 2.75) is 32.3 Å². The normalized spacial score (nSPS) is 16.4. The van der Waals surface area contributed by atoms with Gasteiger partial charge in [0.1, 0.15) is 0 Å². The molecule has 0 radical (unpaired) electrons. The molecule has 0 unspecified atom stereocenters. The fourth-order valence-electron chi connectivity index (χ4n) is 3.47. The summed E-state index contributed by atoms with van der Waals surface area (Å²) < 4.78 is 0. The molecule has 6 nitrogen and oxygen atoms in total. The average Bonchev–Trinajstić information content (AvgIpc) is 2.67. The minimum Gasteiger partial charge on any atom is -0.385 e. The van der Waals surface area contributed by atoms with Crippen molar-refractivity contribution in [3.8, 4) is 0 Å². The Labute approximate surface area is 165 Å². The second-order valence-electron chi connectivity index (χ2n) is 7.48. The van der Waals surface area contributed by atoms with Crippen LogP contribution in [-0.4, -0.2) is 41.6 Å². The topological polar surface area (TPSA) is 81.7 Å². The van der Waals surface area contributed by atoms with E-state index in [2.05, 4.69) is 10.6 Å². The van der Waals surface area contributed by atoms with Crippen LogP contribution in [0.4, 0.5) is 10.5 Å². The van der Waals surface area contributed by atoms with Crippen molar-refractivity contribution < 1.29 is 14.7 Å². The van der Waals surface area contributed by atoms with E-state index < -0.39 is 11.6 Å². The summed E-state index contributed by atoms with van der Waals surface area (Å²) in [6.07, 6.45) is 1.11. The average molecular weight is 381 g/mol. The summed E-state index contributed by atoms with van der Waals surface area (Å²) >= 11 is 0. The van der Waals surface area contributed by atoms with Crippen LogP contribution in [0.25, 0.3) is 0 Å². The summed E-state index contributed by atoms with van der Waals surface area (Å²) in [6.45, 7) is 5.29. The number of rotatable bonds is 4. The largest absolute Gasteiger partial charge is 0.385 e. The maximum Gasteiger partial charge on any atom is 0.325 e. The van der Waals surface area contributed by atoms with Gasteiger partial charge < -0.3 is 10.4 Å². The number of likely N-dealkylation sites (tertiary alicyclic amines) is 1. The van der Waals surface area contributed by atoms with Crippen molar-refractivity contribution in [1.29, 1.82) is 0 Å². The Morgan fingerprint density at radius 3 is 2.36 bits per heavy atom. The number of aryl methyl sites for hydroxylation is 2. The molecule has 3 N–H and O–H groups in total. The smallest absolute Gasteiger partial charge is 0.325 e. The zero-order valence-corrected chi connectivity index (χ0v) is 16.4. The molecule has 0 spiro atoms. The van der Waals surface area contributed by atoms with Crippen LogP contribution in [0, 0.1) is 13.8 Å². The Balaban J connectivity index is 1.46. The molecule has 0 aromatic heterocycles. The highest BCUT2D eigenvalue weighted by Gasteiger charge is 2.34. The first kappa shape index (κ1) is 20.0. The lowest BCUT2D eigenvalue weighted by Crippen LogP contribution is -2.47. The number of aliphatic hydroxyl groups is 1. The highest BCUT2D eigenvalue weighted by Crippen LogP contribution is 2.32. The molecule has 2 aromatic rings. The Morgan fingerprint density at radius 2 is 1.71 bits per heavy atom. The van der Waals surface area contributed by atoms with Crippen molar-refractivity contribution in [1.82, 2.24) is 10.2 Å². The lowest BCUT2D eigenvalue weighted by atomic mass is 9.84. The van der Waals surface area contributed by atoms with Crippen LogP contribution in [0.2, 0.25) is 0 Å². The Morgan fingerprint density at radius 1 is 1.04 bits per heavy atom. The predicted octanol–water partition coefficient (Wildman–Crippen LogP) is 2.94. The maximum absolute atomic E-state index is 12.2. The molecule has 1 fully saturated rings. The number of benzene rings is 2. The van der Waals surface area contributed by atoms with E-state index in [0.29, 0.717) is 31.6 Å². The lowest BCUT2D eigenvalue weighted by molar-refractivity contribution is -0.122. The molecule has 0 atom stereocenters. The molecule has 0 aliphatic carbocycles. The van der Waals surface area contributed by atoms with Gasteiger partial charge in [-0.3, -0.25) is 15.0 Å². The molecule has 1 saturated heterocycles. The Bertz CT molecular complexity index is 843. The van der Waals surface area contributed by atoms with E-state index in [1.165, 1.54) is 0 Å². The van der Waals surface area contributed by atoms with Gasteiger partial charge in [0.2, 0.25) is 5.91 Å². The summed E-state index contributed by atoms with van der Waals surface area (Å²) in [7, 11) is 0. The van der Waals surface area contributed by atoms with Crippen LogP contribution in [0.5, 0.6) is 0 Å². The number of amides is 3. The molecule has 28 heavy (non-hydrogen) atoms. The van der Waals surface area contributed by atoms with Gasteiger partial charge in [-0.25, -0.2) is 4.79 Å². The van der Waals surface area contributed by atoms with Crippen molar-refractivity contribution in [3.05, 3.63) is 65.2 Å². The van der Waals surface area contributed by atoms with Gasteiger partial charge in [-0.1, -0.05) is 36.4 Å². The van der Waals surface area contributed by atoms with Crippen LogP contribution >= 0.6 is 0 Å². The number of hydrogen-bond acceptors (Lipinski definition) is 4. The monoisotopic (exact) mass is 381 g/mol. The number of piperidine rings is 1. The molecule has 1 aliphatic heterocycles. The number of anilines is 1. The van der Waals surface area contributed by atoms with E-state index in [1.807, 2.05) is 61.2 Å². The molecule has 0 bridgehead atoms. The zero-order chi connectivity index (χ0) is 20.1. The molecule has 3 rings (SSSR count). The zero-order valence-electron chi connectivity index (χ0n) is 16.4. The first-order valence-corrected chi connectivity index (χ1v) is 9.54. The Kier molecular flexibility index (Phi) is 6.11. The number of nitrogens with zero attached hydrogens (tertiary/aromatic N) is 1. The third kappa shape index (κ3) is 4.97. The van der Waals surface area contributed by atoms with Crippen LogP contribution in [0.15, 0.2) is 48.5 Å². The number of urea groups is 1. The van der Waals surface area contributed by atoms with Gasteiger partial charge in [-0.15, -0.1) is 0 Å². The van der Waals surface area contributed by atoms with Gasteiger partial charge in [-0.05, 0) is 55.5 Å². The molecular formula is C22H27N3O3. The molecule has 148 valence electrons. The van der Waals surface area contributed by atoms with Crippen LogP contribution < -0.4 is 10.6 Å². The maximum atomic E-state index is 12.2. The summed E-state index contributed by atoms with van der Waals surface area (Å²) in [5.74, 6) is -0.355. The van der Waals surface area contributed by atoms with Gasteiger partial charge >= 0.3 is 6.03 Å². The first-order chi connectivity index (χ1) is 13.4. The van der Waals surface area contributed by atoms with E-state index >= 15 is 0 Å². The quantitative estimate of drug-likeness (QED) is 0.761. The molecular weight excluding hydrogens is 354 g/mol. The van der Waals surface area contributed by atoms with Crippen LogP contribution in [-0.2, 0) is 10.4 Å². The number of imide groups is 1. The van der Waals surface area contributed by atoms with Crippen LogP contribution in [0.3, 0.4) is 0 Å². The van der Waals surface area contributed by atoms with E-state index in [-0.39, 0.29) is 12.5 Å². The molecule has 0 saturated carbocycles. The van der Waals surface area contributed by atoms with E-state index in [1.54, 1.807) is 6.07 Å². The van der Waals surface area contributed by atoms with E-state index in [4.69, 9.17) is 0 Å². The standard InChI is InChI=1S/C22H27N3O3/c1-16-8-9-19(14-17(16)2)23-21(27)24-20(26)15-25-12-10-22(28,11-13-25)18-6-4-3-5-7-18/h3-9,14,28H,10-13,15H2,1-2H3,(H2,23,24,26,27). The van der Waals surface area contributed by atoms with Crippen molar-refractivity contribution >= 4 is 17.6 Å². The third-order valence-electron chi connectivity index (χ3n) is 5.38. The SMILES string of the molecule is Cc1ccc(NC(=O)NC(=O)CN2CCC(O)(c3ccccc3)CC2)cc1C. The minimum absolute atomic E-state index is 0.130. The summed E-state index contributed by atoms with van der Waals surface area (Å²) in [6, 6.07) is 14.7. The molecule has 6 heteroatoms. The van der Waals surface area contributed by atoms with Gasteiger partial charge in [0.05, 0.1) is 12.1 Å². The van der Waals surface area contributed by atoms with E-state index in [0.717, 1.165) is 16.7 Å². The van der Waals surface area contributed by atoms with Crippen molar-refractivity contribution in [2.24, 2.45) is 0 Å². The second kappa shape index (κ2) is 8.54. The van der Waals surface area contributed by atoms with Crippen molar-refractivity contribution in [3.63, 3.8) is 0 Å². The fraction of sp³-hybridized carbons (Fsp3) is 0.364. The van der Waals surface area contributed by atoms with Gasteiger partial charge in [0.25, 0.3) is 0 Å². The lowest BCUT2D eigenvalue weighted by Gasteiger charge is -2.38. The number of hydrogen-bond donors (Lipinski definition) is 3. The summed E-state index contributed by atoms with van der Waals surface area (Å²) in [4.78, 5) is 26.2. The van der Waals surface area contributed by atoms with Gasteiger partial charge in [0, 0.05) is 18.8 Å². The highest BCUT2D eigenvalue weighted by atomic mass is 16.3. The summed E-state index contributed by atoms with van der Waals surface area (Å²) in [5.41, 5.74) is 2.92. The highest BCUT2D eigenvalue weighted by molar-refractivity contribution is 6.01. The van der Waals surface area contributed by atoms with Crippen molar-refractivity contribution in [2.75, 3.05) is 25.0 Å². The molecule has 3 amide bonds. The Hall–Kier alpha value is -2.70. The number of carbonyl (C=O) groups is 2. The van der Waals surface area contributed by atoms with Crippen LogP contribution in [0.1, 0.15) is 29.5 Å². The second-order valence-corrected chi connectivity index (χ2v) is 7.48. The summed E-state index contributed by atoms with van der Waals surface area (Å²) in [5, 5.41) is 15.9.